The number of amides is 1. The maximum absolute atomic E-state index is 12.2. The average molecular weight is 312 g/mol. The van der Waals surface area contributed by atoms with E-state index in [1.54, 1.807) is 12.1 Å². The number of carbonyl (C=O) groups is 1. The van der Waals surface area contributed by atoms with E-state index in [1.165, 1.54) is 12.1 Å². The van der Waals surface area contributed by atoms with Crippen LogP contribution in [0.2, 0.25) is 0 Å². The topological polar surface area (TPSA) is 84.3 Å². The second-order valence-electron chi connectivity index (χ2n) is 5.55. The first-order valence-corrected chi connectivity index (χ1v) is 6.94. The van der Waals surface area contributed by atoms with Crippen molar-refractivity contribution in [3.63, 3.8) is 0 Å². The lowest BCUT2D eigenvalue weighted by molar-refractivity contribution is -0.385. The number of halogens is 1. The minimum Gasteiger partial charge on any atom is -0.349 e. The lowest BCUT2D eigenvalue weighted by Crippen LogP contribution is -2.48. The monoisotopic (exact) mass is 311 g/mol. The highest BCUT2D eigenvalue weighted by molar-refractivity contribution is 5.98. The predicted molar refractivity (Wildman–Crippen MR) is 80.8 cm³/mol. The third kappa shape index (κ3) is 3.33. The Labute approximate surface area is 128 Å². The number of nitro groups is 1. The van der Waals surface area contributed by atoms with Crippen LogP contribution < -0.4 is 10.6 Å². The zero-order valence-corrected chi connectivity index (χ0v) is 12.3. The van der Waals surface area contributed by atoms with Crippen molar-refractivity contribution in [2.75, 3.05) is 0 Å². The summed E-state index contributed by atoms with van der Waals surface area (Å²) in [5.41, 5.74) is 0.00489. The number of benzene rings is 1. The van der Waals surface area contributed by atoms with Crippen molar-refractivity contribution in [3.8, 4) is 0 Å². The number of para-hydroxylation sites is 1. The Morgan fingerprint density at radius 2 is 1.86 bits per heavy atom. The van der Waals surface area contributed by atoms with Crippen LogP contribution in [-0.2, 0) is 0 Å². The highest BCUT2D eigenvalue weighted by Crippen LogP contribution is 2.27. The second-order valence-corrected chi connectivity index (χ2v) is 5.55. The van der Waals surface area contributed by atoms with Gasteiger partial charge in [0, 0.05) is 24.2 Å². The minimum atomic E-state index is -0.513. The molecule has 3 rings (SSSR count). The van der Waals surface area contributed by atoms with Crippen LogP contribution in [0.15, 0.2) is 24.3 Å². The third-order valence-electron chi connectivity index (χ3n) is 4.15. The van der Waals surface area contributed by atoms with E-state index in [1.807, 2.05) is 0 Å². The van der Waals surface area contributed by atoms with Crippen molar-refractivity contribution in [1.29, 1.82) is 0 Å². The smallest absolute Gasteiger partial charge is 0.282 e. The molecule has 2 saturated heterocycles. The summed E-state index contributed by atoms with van der Waals surface area (Å²) in [6.45, 7) is 0. The number of nitro benzene ring substituents is 1. The van der Waals surface area contributed by atoms with Gasteiger partial charge in [-0.05, 0) is 31.7 Å². The van der Waals surface area contributed by atoms with E-state index >= 15 is 0 Å². The summed E-state index contributed by atoms with van der Waals surface area (Å²) in [4.78, 5) is 22.7. The molecule has 2 aliphatic rings. The third-order valence-corrected chi connectivity index (χ3v) is 4.15. The maximum Gasteiger partial charge on any atom is 0.282 e. The standard InChI is InChI=1S/C14H17N3O3.ClH/c18-14(12-3-1-2-4-13(12)17(19)20)16-11-7-9-5-6-10(8-11)15-9;/h1-4,9-11,15H,5-8H2,(H,16,18);1H. The van der Waals surface area contributed by atoms with E-state index in [0.29, 0.717) is 12.1 Å². The molecule has 1 amide bonds. The summed E-state index contributed by atoms with van der Waals surface area (Å²) >= 11 is 0. The first kappa shape index (κ1) is 15.7. The van der Waals surface area contributed by atoms with E-state index in [2.05, 4.69) is 10.6 Å². The van der Waals surface area contributed by atoms with Crippen molar-refractivity contribution < 1.29 is 9.72 Å². The van der Waals surface area contributed by atoms with Gasteiger partial charge in [-0.15, -0.1) is 12.4 Å². The zero-order chi connectivity index (χ0) is 14.1. The number of fused-ring (bicyclic) bond motifs is 2. The second kappa shape index (κ2) is 6.41. The number of piperidine rings is 1. The van der Waals surface area contributed by atoms with E-state index < -0.39 is 4.92 Å². The molecule has 0 saturated carbocycles. The molecule has 2 heterocycles. The molecule has 2 unspecified atom stereocenters. The molecule has 0 aliphatic carbocycles. The largest absolute Gasteiger partial charge is 0.349 e. The molecule has 7 heteroatoms. The molecule has 1 aromatic rings. The van der Waals surface area contributed by atoms with Gasteiger partial charge in [0.25, 0.3) is 11.6 Å². The number of nitrogens with one attached hydrogen (secondary N) is 2. The molecule has 114 valence electrons. The molecular weight excluding hydrogens is 294 g/mol. The molecule has 2 fully saturated rings. The number of rotatable bonds is 3. The molecule has 2 aliphatic heterocycles. The number of hydrogen-bond acceptors (Lipinski definition) is 4. The fraction of sp³-hybridized carbons (Fsp3) is 0.500. The van der Waals surface area contributed by atoms with E-state index in [-0.39, 0.29) is 35.6 Å². The first-order chi connectivity index (χ1) is 9.63. The maximum atomic E-state index is 12.2. The van der Waals surface area contributed by atoms with Crippen LogP contribution >= 0.6 is 12.4 Å². The molecule has 2 bridgehead atoms. The van der Waals surface area contributed by atoms with Crippen molar-refractivity contribution in [3.05, 3.63) is 39.9 Å². The lowest BCUT2D eigenvalue weighted by atomic mass is 9.99. The lowest BCUT2D eigenvalue weighted by Gasteiger charge is -2.29. The Bertz CT molecular complexity index is 540. The molecule has 0 aromatic heterocycles. The van der Waals surface area contributed by atoms with Crippen molar-refractivity contribution in [2.24, 2.45) is 0 Å². The van der Waals surface area contributed by atoms with Gasteiger partial charge < -0.3 is 10.6 Å². The van der Waals surface area contributed by atoms with Gasteiger partial charge in [0.05, 0.1) is 4.92 Å². The SMILES string of the molecule is Cl.O=C(NC1CC2CCC(C1)N2)c1ccccc1[N+](=O)[O-]. The Morgan fingerprint density at radius 3 is 2.48 bits per heavy atom. The summed E-state index contributed by atoms with van der Waals surface area (Å²) in [6.07, 6.45) is 4.12. The van der Waals surface area contributed by atoms with Gasteiger partial charge in [-0.1, -0.05) is 12.1 Å². The van der Waals surface area contributed by atoms with Gasteiger partial charge >= 0.3 is 0 Å². The van der Waals surface area contributed by atoms with Gasteiger partial charge in [-0.25, -0.2) is 0 Å². The Hall–Kier alpha value is -1.66. The first-order valence-electron chi connectivity index (χ1n) is 6.94. The van der Waals surface area contributed by atoms with Gasteiger partial charge in [0.2, 0.25) is 0 Å². The molecule has 2 N–H and O–H groups in total. The quantitative estimate of drug-likeness (QED) is 0.661. The molecule has 21 heavy (non-hydrogen) atoms. The fourth-order valence-corrected chi connectivity index (χ4v) is 3.26. The van der Waals surface area contributed by atoms with E-state index in [4.69, 9.17) is 0 Å². The van der Waals surface area contributed by atoms with Crippen molar-refractivity contribution in [2.45, 2.75) is 43.8 Å². The van der Waals surface area contributed by atoms with E-state index in [9.17, 15) is 14.9 Å². The van der Waals surface area contributed by atoms with Crippen LogP contribution in [0.4, 0.5) is 5.69 Å². The van der Waals surface area contributed by atoms with Crippen LogP contribution in [0.25, 0.3) is 0 Å². The average Bonchev–Trinajstić information content (AvgIpc) is 2.78. The van der Waals surface area contributed by atoms with Crippen molar-refractivity contribution in [1.82, 2.24) is 10.6 Å². The number of hydrogen-bond donors (Lipinski definition) is 2. The molecular formula is C14H18ClN3O3. The molecule has 6 nitrogen and oxygen atoms in total. The van der Waals surface area contributed by atoms with Crippen LogP contribution in [0.3, 0.4) is 0 Å². The minimum absolute atomic E-state index is 0. The van der Waals surface area contributed by atoms with Gasteiger partial charge in [-0.3, -0.25) is 14.9 Å². The Kier molecular flexibility index (Phi) is 4.80. The van der Waals surface area contributed by atoms with Crippen LogP contribution in [0.1, 0.15) is 36.0 Å². The highest BCUT2D eigenvalue weighted by atomic mass is 35.5. The summed E-state index contributed by atoms with van der Waals surface area (Å²) in [5, 5.41) is 17.4. The summed E-state index contributed by atoms with van der Waals surface area (Å²) in [6, 6.07) is 7.15. The number of nitrogens with zero attached hydrogens (tertiary/aromatic N) is 1. The molecule has 1 aromatic carbocycles. The van der Waals surface area contributed by atoms with Gasteiger partial charge in [0.15, 0.2) is 0 Å². The Balaban J connectivity index is 0.00000161. The zero-order valence-electron chi connectivity index (χ0n) is 11.5. The van der Waals surface area contributed by atoms with E-state index in [0.717, 1.165) is 25.7 Å². The molecule has 2 atom stereocenters. The van der Waals surface area contributed by atoms with Crippen LogP contribution in [-0.4, -0.2) is 29.0 Å². The highest BCUT2D eigenvalue weighted by Gasteiger charge is 2.34. The summed E-state index contributed by atoms with van der Waals surface area (Å²) in [5.74, 6) is -0.344. The fourth-order valence-electron chi connectivity index (χ4n) is 3.26. The normalized spacial score (nSPS) is 26.8. The van der Waals surface area contributed by atoms with Gasteiger partial charge in [0.1, 0.15) is 5.56 Å². The van der Waals surface area contributed by atoms with Crippen LogP contribution in [0, 0.1) is 10.1 Å². The summed E-state index contributed by atoms with van der Waals surface area (Å²) in [7, 11) is 0. The summed E-state index contributed by atoms with van der Waals surface area (Å²) < 4.78 is 0. The van der Waals surface area contributed by atoms with Crippen LogP contribution in [0.5, 0.6) is 0 Å². The number of carbonyl (C=O) groups excluding carboxylic acids is 1. The molecule has 0 radical (unpaired) electrons. The Morgan fingerprint density at radius 1 is 1.24 bits per heavy atom. The van der Waals surface area contributed by atoms with Gasteiger partial charge in [-0.2, -0.15) is 0 Å². The van der Waals surface area contributed by atoms with Crippen molar-refractivity contribution >= 4 is 24.0 Å². The molecule has 0 spiro atoms. The predicted octanol–water partition coefficient (Wildman–Crippen LogP) is 2.03.